The van der Waals surface area contributed by atoms with Gasteiger partial charge in [-0.2, -0.15) is 0 Å². The number of carbonyl (C=O) groups excluding carboxylic acids is 2. The summed E-state index contributed by atoms with van der Waals surface area (Å²) < 4.78 is 4.89. The summed E-state index contributed by atoms with van der Waals surface area (Å²) in [6.07, 6.45) is -0.0107. The van der Waals surface area contributed by atoms with Crippen LogP contribution in [0.1, 0.15) is 24.8 Å². The Labute approximate surface area is 175 Å². The number of unbranched alkanes of at least 4 members (excludes halogenated alkanes) is 1. The molecule has 30 heavy (non-hydrogen) atoms. The first-order chi connectivity index (χ1) is 14.4. The highest BCUT2D eigenvalue weighted by atomic mass is 16.6. The van der Waals surface area contributed by atoms with Crippen LogP contribution >= 0.6 is 0 Å². The number of aliphatic carboxylic acids is 1. The highest BCUT2D eigenvalue weighted by Gasteiger charge is 2.51. The normalized spacial score (nSPS) is 18.5. The predicted molar refractivity (Wildman–Crippen MR) is 109 cm³/mol. The molecule has 3 atom stereocenters. The third kappa shape index (κ3) is 6.97. The summed E-state index contributed by atoms with van der Waals surface area (Å²) in [4.78, 5) is 38.3. The molecule has 0 radical (unpaired) electrons. The number of epoxide rings is 1. The molecule has 2 unspecified atom stereocenters. The van der Waals surface area contributed by atoms with Crippen LogP contribution in [-0.4, -0.2) is 77.3 Å². The van der Waals surface area contributed by atoms with Crippen LogP contribution in [0.3, 0.4) is 0 Å². The molecule has 0 spiro atoms. The zero-order valence-electron chi connectivity index (χ0n) is 16.8. The molecule has 1 fully saturated rings. The van der Waals surface area contributed by atoms with Crippen LogP contribution < -0.4 is 16.8 Å². The van der Waals surface area contributed by atoms with Gasteiger partial charge >= 0.3 is 5.97 Å². The van der Waals surface area contributed by atoms with Crippen molar-refractivity contribution >= 4 is 17.8 Å². The van der Waals surface area contributed by atoms with Crippen molar-refractivity contribution in [2.24, 2.45) is 11.5 Å². The first kappa shape index (κ1) is 23.6. The summed E-state index contributed by atoms with van der Waals surface area (Å²) in [5.41, 5.74) is 11.9. The second kappa shape index (κ2) is 11.5. The molecule has 1 heterocycles. The lowest BCUT2D eigenvalue weighted by Crippen LogP contribution is -2.51. The van der Waals surface area contributed by atoms with Crippen LogP contribution in [0.25, 0.3) is 0 Å². The maximum absolute atomic E-state index is 13.2. The SMILES string of the molecule is NCCCCN(CCCN)C(=O)[C@H](Cc1ccc(O)cc1)NC(=O)C1OC1C(=O)O. The number of nitrogens with zero attached hydrogens (tertiary/aromatic N) is 1. The fourth-order valence-electron chi connectivity index (χ4n) is 3.10. The average molecular weight is 422 g/mol. The molecule has 1 saturated heterocycles. The highest BCUT2D eigenvalue weighted by molar-refractivity contribution is 5.95. The zero-order chi connectivity index (χ0) is 22.1. The third-order valence-corrected chi connectivity index (χ3v) is 4.81. The first-order valence-corrected chi connectivity index (χ1v) is 10.0. The number of carbonyl (C=O) groups is 3. The molecule has 10 nitrogen and oxygen atoms in total. The Bertz CT molecular complexity index is 727. The van der Waals surface area contributed by atoms with Gasteiger partial charge in [0.15, 0.2) is 12.2 Å². The number of phenols is 1. The van der Waals surface area contributed by atoms with Gasteiger partial charge in [0.05, 0.1) is 0 Å². The van der Waals surface area contributed by atoms with E-state index in [0.717, 1.165) is 18.4 Å². The largest absolute Gasteiger partial charge is 0.508 e. The summed E-state index contributed by atoms with van der Waals surface area (Å²) in [5, 5.41) is 21.1. The number of benzene rings is 1. The quantitative estimate of drug-likeness (QED) is 0.203. The monoisotopic (exact) mass is 422 g/mol. The molecule has 1 aliphatic heterocycles. The van der Waals surface area contributed by atoms with E-state index in [9.17, 15) is 19.5 Å². The number of hydrogen-bond acceptors (Lipinski definition) is 7. The second-order valence-electron chi connectivity index (χ2n) is 7.21. The van der Waals surface area contributed by atoms with E-state index in [1.54, 1.807) is 17.0 Å². The van der Waals surface area contributed by atoms with Crippen LogP contribution in [0, 0.1) is 0 Å². The van der Waals surface area contributed by atoms with Crippen LogP contribution in [-0.2, 0) is 25.5 Å². The van der Waals surface area contributed by atoms with Crippen LogP contribution in [0.5, 0.6) is 5.75 Å². The summed E-state index contributed by atoms with van der Waals surface area (Å²) in [6.45, 7) is 1.86. The van der Waals surface area contributed by atoms with Crippen molar-refractivity contribution in [1.29, 1.82) is 0 Å². The third-order valence-electron chi connectivity index (χ3n) is 4.81. The number of nitrogens with one attached hydrogen (secondary N) is 1. The van der Waals surface area contributed by atoms with Crippen LogP contribution in [0.4, 0.5) is 0 Å². The van der Waals surface area contributed by atoms with E-state index in [2.05, 4.69) is 5.32 Å². The van der Waals surface area contributed by atoms with Crippen molar-refractivity contribution in [3.63, 3.8) is 0 Å². The number of carboxylic acids is 1. The number of hydrogen-bond donors (Lipinski definition) is 5. The zero-order valence-corrected chi connectivity index (χ0v) is 16.8. The number of rotatable bonds is 13. The molecule has 7 N–H and O–H groups in total. The molecule has 0 aliphatic carbocycles. The molecule has 0 aromatic heterocycles. The Morgan fingerprint density at radius 1 is 1.03 bits per heavy atom. The summed E-state index contributed by atoms with van der Waals surface area (Å²) in [6, 6.07) is 5.41. The summed E-state index contributed by atoms with van der Waals surface area (Å²) >= 11 is 0. The molecular weight excluding hydrogens is 392 g/mol. The number of carboxylic acid groups (broad SMARTS) is 1. The van der Waals surface area contributed by atoms with Gasteiger partial charge in [-0.15, -0.1) is 0 Å². The van der Waals surface area contributed by atoms with Gasteiger partial charge in [0, 0.05) is 19.5 Å². The average Bonchev–Trinajstić information content (AvgIpc) is 3.52. The fraction of sp³-hybridized carbons (Fsp3) is 0.550. The number of phenolic OH excluding ortho intramolecular Hbond substituents is 1. The maximum Gasteiger partial charge on any atom is 0.336 e. The standard InChI is InChI=1S/C20H30N4O6/c21-8-1-2-10-24(11-3-9-22)19(27)15(12-13-4-6-14(25)7-5-13)23-18(26)16-17(30-16)20(28)29/h4-7,15-17,25H,1-3,8-12,21-22H2,(H,23,26)(H,28,29)/t15-,16?,17?/m0/s1. The molecule has 1 aromatic carbocycles. The van der Waals surface area contributed by atoms with Gasteiger partial charge in [-0.3, -0.25) is 9.59 Å². The van der Waals surface area contributed by atoms with Crippen LogP contribution in [0.15, 0.2) is 24.3 Å². The van der Waals surface area contributed by atoms with Crippen molar-refractivity contribution in [3.8, 4) is 5.75 Å². The van der Waals surface area contributed by atoms with Crippen LogP contribution in [0.2, 0.25) is 0 Å². The Morgan fingerprint density at radius 2 is 1.67 bits per heavy atom. The van der Waals surface area contributed by atoms with E-state index in [1.165, 1.54) is 12.1 Å². The second-order valence-corrected chi connectivity index (χ2v) is 7.21. The number of aromatic hydroxyl groups is 1. The number of nitrogens with two attached hydrogens (primary N) is 2. The van der Waals surface area contributed by atoms with Gasteiger partial charge in [-0.25, -0.2) is 4.79 Å². The molecule has 2 amide bonds. The lowest BCUT2D eigenvalue weighted by Gasteiger charge is -2.28. The van der Waals surface area contributed by atoms with Gasteiger partial charge in [0.25, 0.3) is 5.91 Å². The molecule has 10 heteroatoms. The molecular formula is C20H30N4O6. The molecule has 1 aliphatic rings. The first-order valence-electron chi connectivity index (χ1n) is 10.0. The maximum atomic E-state index is 13.2. The molecule has 1 aromatic rings. The van der Waals surface area contributed by atoms with Crippen molar-refractivity contribution in [2.75, 3.05) is 26.2 Å². The summed E-state index contributed by atoms with van der Waals surface area (Å²) in [7, 11) is 0. The van der Waals surface area contributed by atoms with E-state index < -0.39 is 30.1 Å². The van der Waals surface area contributed by atoms with Crippen molar-refractivity contribution < 1.29 is 29.3 Å². The molecule has 0 bridgehead atoms. The van der Waals surface area contributed by atoms with Gasteiger partial charge in [0.1, 0.15) is 11.8 Å². The molecule has 2 rings (SSSR count). The number of ether oxygens (including phenoxy) is 1. The smallest absolute Gasteiger partial charge is 0.336 e. The van der Waals surface area contributed by atoms with E-state index in [4.69, 9.17) is 21.3 Å². The number of amides is 2. The minimum Gasteiger partial charge on any atom is -0.508 e. The minimum absolute atomic E-state index is 0.0905. The van der Waals surface area contributed by atoms with Gasteiger partial charge in [-0.05, 0) is 50.0 Å². The highest BCUT2D eigenvalue weighted by Crippen LogP contribution is 2.23. The Hall–Kier alpha value is -2.69. The van der Waals surface area contributed by atoms with E-state index in [-0.39, 0.29) is 18.1 Å². The summed E-state index contributed by atoms with van der Waals surface area (Å²) in [5.74, 6) is -2.05. The molecule has 166 valence electrons. The lowest BCUT2D eigenvalue weighted by molar-refractivity contribution is -0.138. The van der Waals surface area contributed by atoms with Crippen molar-refractivity contribution in [2.45, 2.75) is 43.9 Å². The van der Waals surface area contributed by atoms with Crippen molar-refractivity contribution in [3.05, 3.63) is 29.8 Å². The van der Waals surface area contributed by atoms with E-state index >= 15 is 0 Å². The van der Waals surface area contributed by atoms with E-state index in [0.29, 0.717) is 32.6 Å². The van der Waals surface area contributed by atoms with Gasteiger partial charge in [-0.1, -0.05) is 12.1 Å². The van der Waals surface area contributed by atoms with Crippen molar-refractivity contribution in [1.82, 2.24) is 10.2 Å². The Balaban J connectivity index is 2.14. The minimum atomic E-state index is -1.22. The Morgan fingerprint density at radius 3 is 2.23 bits per heavy atom. The Kier molecular flexibility index (Phi) is 9.03. The van der Waals surface area contributed by atoms with E-state index in [1.807, 2.05) is 0 Å². The lowest BCUT2D eigenvalue weighted by atomic mass is 10.0. The topological polar surface area (TPSA) is 172 Å². The van der Waals surface area contributed by atoms with Gasteiger partial charge < -0.3 is 36.6 Å². The van der Waals surface area contributed by atoms with Gasteiger partial charge in [0.2, 0.25) is 5.91 Å². The predicted octanol–water partition coefficient (Wildman–Crippen LogP) is -0.812. The molecule has 0 saturated carbocycles. The fourth-order valence-corrected chi connectivity index (χ4v) is 3.10.